The Hall–Kier alpha value is 0.230. The summed E-state index contributed by atoms with van der Waals surface area (Å²) in [5, 5.41) is 12.0. The highest BCUT2D eigenvalue weighted by atomic mass is 32.1. The van der Waals surface area contributed by atoms with E-state index < -0.39 is 6.23 Å². The Labute approximate surface area is 67.7 Å². The molecule has 0 radical (unpaired) electrons. The van der Waals surface area contributed by atoms with E-state index in [-0.39, 0.29) is 0 Å². The molecule has 0 aliphatic rings. The predicted molar refractivity (Wildman–Crippen MR) is 45.9 cm³/mol. The molecule has 3 nitrogen and oxygen atoms in total. The number of nitrogens with one attached hydrogen (secondary N) is 2. The lowest BCUT2D eigenvalue weighted by Gasteiger charge is -2.10. The molecule has 0 aromatic heterocycles. The summed E-state index contributed by atoms with van der Waals surface area (Å²) in [5.41, 5.74) is 0. The maximum atomic E-state index is 9.05. The Balaban J connectivity index is 2.97. The van der Waals surface area contributed by atoms with Crippen molar-refractivity contribution in [1.82, 2.24) is 10.0 Å². The van der Waals surface area contributed by atoms with E-state index in [1.807, 2.05) is 0 Å². The summed E-state index contributed by atoms with van der Waals surface area (Å²) in [6.07, 6.45) is 1.78. The molecule has 1 atom stereocenters. The van der Waals surface area contributed by atoms with Crippen molar-refractivity contribution >= 4 is 12.8 Å². The summed E-state index contributed by atoms with van der Waals surface area (Å²) in [6.45, 7) is 3.46. The normalized spacial score (nSPS) is 13.5. The molecule has 0 saturated carbocycles. The highest BCUT2D eigenvalue weighted by Gasteiger charge is 1.98. The topological polar surface area (TPSA) is 44.3 Å². The number of aliphatic hydroxyl groups excluding tert-OH is 1. The van der Waals surface area contributed by atoms with Gasteiger partial charge in [-0.05, 0) is 13.0 Å². The molecule has 10 heavy (non-hydrogen) atoms. The first-order valence-electron chi connectivity index (χ1n) is 3.59. The lowest BCUT2D eigenvalue weighted by molar-refractivity contribution is 0.142. The van der Waals surface area contributed by atoms with Crippen LogP contribution in [0.15, 0.2) is 0 Å². The lowest BCUT2D eigenvalue weighted by atomic mass is 10.3. The highest BCUT2D eigenvalue weighted by molar-refractivity contribution is 7.78. The van der Waals surface area contributed by atoms with Crippen LogP contribution in [0.1, 0.15) is 19.8 Å². The summed E-state index contributed by atoms with van der Waals surface area (Å²) in [7, 11) is 0. The van der Waals surface area contributed by atoms with E-state index in [1.54, 1.807) is 0 Å². The Kier molecular flexibility index (Phi) is 7.51. The van der Waals surface area contributed by atoms with Crippen molar-refractivity contribution in [2.75, 3.05) is 13.1 Å². The van der Waals surface area contributed by atoms with E-state index in [9.17, 15) is 0 Å². The largest absolute Gasteiger partial charge is 0.377 e. The fourth-order valence-electron chi connectivity index (χ4n) is 0.604. The second-order valence-electron chi connectivity index (χ2n) is 2.19. The first-order chi connectivity index (χ1) is 4.81. The third kappa shape index (κ3) is 6.35. The smallest absolute Gasteiger partial charge is 0.118 e. The molecular weight excluding hydrogens is 148 g/mol. The fourth-order valence-corrected chi connectivity index (χ4v) is 0.777. The van der Waals surface area contributed by atoms with Crippen molar-refractivity contribution < 1.29 is 5.11 Å². The molecule has 0 saturated heterocycles. The van der Waals surface area contributed by atoms with Gasteiger partial charge >= 0.3 is 0 Å². The van der Waals surface area contributed by atoms with Crippen LogP contribution in [0.5, 0.6) is 0 Å². The minimum atomic E-state index is -0.468. The number of thiol groups is 1. The van der Waals surface area contributed by atoms with Crippen LogP contribution in [0.4, 0.5) is 0 Å². The van der Waals surface area contributed by atoms with Gasteiger partial charge in [0.2, 0.25) is 0 Å². The van der Waals surface area contributed by atoms with E-state index >= 15 is 0 Å². The van der Waals surface area contributed by atoms with E-state index in [2.05, 4.69) is 29.8 Å². The third-order valence-electron chi connectivity index (χ3n) is 1.19. The monoisotopic (exact) mass is 164 g/mol. The van der Waals surface area contributed by atoms with Crippen LogP contribution in [0, 0.1) is 0 Å². The second-order valence-corrected chi connectivity index (χ2v) is 2.50. The van der Waals surface area contributed by atoms with Gasteiger partial charge in [0.1, 0.15) is 6.23 Å². The molecule has 0 aromatic carbocycles. The summed E-state index contributed by atoms with van der Waals surface area (Å²) in [5.74, 6) is 0. The molecule has 0 fully saturated rings. The summed E-state index contributed by atoms with van der Waals surface area (Å²) >= 11 is 3.75. The number of rotatable bonds is 6. The third-order valence-corrected chi connectivity index (χ3v) is 1.38. The van der Waals surface area contributed by atoms with Gasteiger partial charge in [0.25, 0.3) is 0 Å². The zero-order valence-corrected chi connectivity index (χ0v) is 7.19. The molecule has 62 valence electrons. The van der Waals surface area contributed by atoms with Gasteiger partial charge in [-0.15, -0.1) is 0 Å². The molecule has 0 aliphatic heterocycles. The van der Waals surface area contributed by atoms with Crippen LogP contribution in [0.3, 0.4) is 0 Å². The first kappa shape index (κ1) is 10.2. The van der Waals surface area contributed by atoms with Gasteiger partial charge in [-0.1, -0.05) is 26.2 Å². The van der Waals surface area contributed by atoms with Gasteiger partial charge in [-0.25, -0.2) is 0 Å². The molecule has 0 aliphatic carbocycles. The molecule has 0 rings (SSSR count). The van der Waals surface area contributed by atoms with Gasteiger partial charge in [0, 0.05) is 6.54 Å². The summed E-state index contributed by atoms with van der Waals surface area (Å²) in [6, 6.07) is 0. The molecule has 0 spiro atoms. The van der Waals surface area contributed by atoms with Gasteiger partial charge < -0.3 is 5.11 Å². The zero-order valence-electron chi connectivity index (χ0n) is 6.30. The molecule has 0 heterocycles. The van der Waals surface area contributed by atoms with Gasteiger partial charge in [-0.2, -0.15) is 0 Å². The second kappa shape index (κ2) is 7.34. The quantitative estimate of drug-likeness (QED) is 0.256. The average Bonchev–Trinajstić information content (AvgIpc) is 1.89. The van der Waals surface area contributed by atoms with Crippen molar-refractivity contribution in [3.63, 3.8) is 0 Å². The van der Waals surface area contributed by atoms with Crippen molar-refractivity contribution in [2.24, 2.45) is 0 Å². The summed E-state index contributed by atoms with van der Waals surface area (Å²) in [4.78, 5) is 0. The summed E-state index contributed by atoms with van der Waals surface area (Å²) < 4.78 is 2.58. The maximum Gasteiger partial charge on any atom is 0.118 e. The highest BCUT2D eigenvalue weighted by Crippen LogP contribution is 1.83. The van der Waals surface area contributed by atoms with Crippen LogP contribution in [0.2, 0.25) is 0 Å². The van der Waals surface area contributed by atoms with Gasteiger partial charge in [0.15, 0.2) is 0 Å². The van der Waals surface area contributed by atoms with E-state index in [1.165, 1.54) is 0 Å². The van der Waals surface area contributed by atoms with E-state index in [0.29, 0.717) is 6.54 Å². The number of hydrogen-bond acceptors (Lipinski definition) is 4. The number of aliphatic hydroxyl groups is 1. The Morgan fingerprint density at radius 3 is 2.80 bits per heavy atom. The minimum Gasteiger partial charge on any atom is -0.377 e. The van der Waals surface area contributed by atoms with Crippen molar-refractivity contribution in [1.29, 1.82) is 0 Å². The molecule has 1 unspecified atom stereocenters. The molecule has 4 heteroatoms. The van der Waals surface area contributed by atoms with Gasteiger partial charge in [0.05, 0.1) is 0 Å². The minimum absolute atomic E-state index is 0.468. The predicted octanol–water partition coefficient (Wildman–Crippen LogP) is 0.129. The number of unbranched alkanes of at least 4 members (excludes halogenated alkanes) is 1. The van der Waals surface area contributed by atoms with Crippen LogP contribution in [0.25, 0.3) is 0 Å². The van der Waals surface area contributed by atoms with Crippen molar-refractivity contribution in [2.45, 2.75) is 26.0 Å². The van der Waals surface area contributed by atoms with Gasteiger partial charge in [-0.3, -0.25) is 10.0 Å². The molecule has 0 amide bonds. The SMILES string of the molecule is CCCCNC(O)CNS. The Morgan fingerprint density at radius 1 is 1.60 bits per heavy atom. The number of hydrogen-bond donors (Lipinski definition) is 4. The first-order valence-corrected chi connectivity index (χ1v) is 4.04. The Bertz CT molecular complexity index is 72.8. The molecular formula is C6H16N2OS. The van der Waals surface area contributed by atoms with E-state index in [4.69, 9.17) is 5.11 Å². The van der Waals surface area contributed by atoms with Crippen LogP contribution in [-0.4, -0.2) is 24.4 Å². The van der Waals surface area contributed by atoms with Crippen molar-refractivity contribution in [3.8, 4) is 0 Å². The average molecular weight is 164 g/mol. The maximum absolute atomic E-state index is 9.05. The standard InChI is InChI=1S/C6H16N2OS/c1-2-3-4-7-6(9)5-8-10/h6-10H,2-5H2,1H3. The zero-order chi connectivity index (χ0) is 7.82. The van der Waals surface area contributed by atoms with Crippen molar-refractivity contribution in [3.05, 3.63) is 0 Å². The molecule has 0 bridgehead atoms. The van der Waals surface area contributed by atoms with E-state index in [0.717, 1.165) is 19.4 Å². The Morgan fingerprint density at radius 2 is 2.30 bits per heavy atom. The molecule has 3 N–H and O–H groups in total. The van der Waals surface area contributed by atoms with Crippen LogP contribution >= 0.6 is 12.8 Å². The lowest BCUT2D eigenvalue weighted by Crippen LogP contribution is -2.36. The fraction of sp³-hybridized carbons (Fsp3) is 1.00. The van der Waals surface area contributed by atoms with Crippen LogP contribution in [-0.2, 0) is 0 Å². The van der Waals surface area contributed by atoms with Crippen LogP contribution < -0.4 is 10.0 Å². The molecule has 0 aromatic rings.